The van der Waals surface area contributed by atoms with Gasteiger partial charge in [-0.25, -0.2) is 4.98 Å². The summed E-state index contributed by atoms with van der Waals surface area (Å²) in [4.78, 5) is 15.4. The van der Waals surface area contributed by atoms with Crippen LogP contribution in [0.4, 0.5) is 24.7 Å². The lowest BCUT2D eigenvalue weighted by molar-refractivity contribution is -0.137. The molecule has 1 heterocycles. The minimum atomic E-state index is -4.38. The molecule has 1 aromatic carbocycles. The Bertz CT molecular complexity index is 707. The van der Waals surface area contributed by atoms with Crippen LogP contribution in [0.2, 0.25) is 0 Å². The van der Waals surface area contributed by atoms with Crippen molar-refractivity contribution in [2.24, 2.45) is 5.92 Å². The first-order valence-corrected chi connectivity index (χ1v) is 7.59. The molecular weight excluding hydrogens is 319 g/mol. The van der Waals surface area contributed by atoms with Gasteiger partial charge in [-0.1, -0.05) is 12.1 Å². The van der Waals surface area contributed by atoms with E-state index in [1.165, 1.54) is 6.07 Å². The number of rotatable bonds is 5. The maximum Gasteiger partial charge on any atom is 0.417 e. The number of halogens is 3. The van der Waals surface area contributed by atoms with Gasteiger partial charge in [0.15, 0.2) is 0 Å². The van der Waals surface area contributed by atoms with Gasteiger partial charge in [-0.15, -0.1) is 0 Å². The molecule has 24 heavy (non-hydrogen) atoms. The lowest BCUT2D eigenvalue weighted by Crippen LogP contribution is -2.13. The second-order valence-corrected chi connectivity index (χ2v) is 5.74. The van der Waals surface area contributed by atoms with Gasteiger partial charge in [0, 0.05) is 24.3 Å². The summed E-state index contributed by atoms with van der Waals surface area (Å²) in [5.74, 6) is 0.570. The second-order valence-electron chi connectivity index (χ2n) is 5.74. The van der Waals surface area contributed by atoms with E-state index in [0.717, 1.165) is 36.4 Å². The Balaban J connectivity index is 1.53. The minimum absolute atomic E-state index is 0.0508. The van der Waals surface area contributed by atoms with E-state index in [1.807, 2.05) is 12.1 Å². The van der Waals surface area contributed by atoms with Crippen LogP contribution in [-0.4, -0.2) is 10.9 Å². The smallest absolute Gasteiger partial charge is 0.366 e. The summed E-state index contributed by atoms with van der Waals surface area (Å²) in [7, 11) is 0. The van der Waals surface area contributed by atoms with Crippen LogP contribution < -0.4 is 10.6 Å². The molecule has 0 spiro atoms. The maximum absolute atomic E-state index is 12.5. The van der Waals surface area contributed by atoms with E-state index in [1.54, 1.807) is 12.1 Å². The molecule has 0 aliphatic heterocycles. The van der Waals surface area contributed by atoms with Crippen molar-refractivity contribution < 1.29 is 18.0 Å². The molecule has 0 bridgehead atoms. The van der Waals surface area contributed by atoms with E-state index >= 15 is 0 Å². The van der Waals surface area contributed by atoms with Gasteiger partial charge in [-0.2, -0.15) is 13.2 Å². The molecule has 1 aromatic heterocycles. The number of anilines is 2. The molecule has 0 radical (unpaired) electrons. The lowest BCUT2D eigenvalue weighted by Gasteiger charge is -2.09. The van der Waals surface area contributed by atoms with Crippen LogP contribution in [0.15, 0.2) is 42.6 Å². The number of hydrogen-bond donors (Lipinski definition) is 2. The van der Waals surface area contributed by atoms with Crippen molar-refractivity contribution in [2.45, 2.75) is 25.6 Å². The summed E-state index contributed by atoms with van der Waals surface area (Å²) in [6.07, 6.45) is -1.67. The number of carbonyl (C=O) groups excluding carboxylic acids is 1. The zero-order chi connectivity index (χ0) is 17.2. The Labute approximate surface area is 137 Å². The average Bonchev–Trinajstić information content (AvgIpc) is 3.39. The lowest BCUT2D eigenvalue weighted by atomic mass is 10.2. The summed E-state index contributed by atoms with van der Waals surface area (Å²) < 4.78 is 37.4. The number of hydrogen-bond acceptors (Lipinski definition) is 3. The van der Waals surface area contributed by atoms with Crippen LogP contribution in [0.25, 0.3) is 0 Å². The van der Waals surface area contributed by atoms with Crippen molar-refractivity contribution in [3.63, 3.8) is 0 Å². The van der Waals surface area contributed by atoms with Gasteiger partial charge in [0.25, 0.3) is 0 Å². The molecule has 1 amide bonds. The molecular formula is C17H16F3N3O. The normalized spacial score (nSPS) is 14.3. The van der Waals surface area contributed by atoms with E-state index in [9.17, 15) is 18.0 Å². The number of pyridine rings is 1. The highest BCUT2D eigenvalue weighted by atomic mass is 19.4. The number of amides is 1. The highest BCUT2D eigenvalue weighted by Crippen LogP contribution is 2.30. The van der Waals surface area contributed by atoms with Crippen molar-refractivity contribution in [3.05, 3.63) is 53.7 Å². The summed E-state index contributed by atoms with van der Waals surface area (Å²) >= 11 is 0. The van der Waals surface area contributed by atoms with Crippen LogP contribution >= 0.6 is 0 Å². The van der Waals surface area contributed by atoms with Gasteiger partial charge in [-0.3, -0.25) is 4.79 Å². The molecule has 2 aromatic rings. The minimum Gasteiger partial charge on any atom is -0.366 e. The van der Waals surface area contributed by atoms with Crippen molar-refractivity contribution >= 4 is 17.4 Å². The fraction of sp³-hybridized carbons (Fsp3) is 0.294. The van der Waals surface area contributed by atoms with Crippen molar-refractivity contribution in [2.75, 3.05) is 10.6 Å². The zero-order valence-corrected chi connectivity index (χ0v) is 12.7. The predicted octanol–water partition coefficient (Wildman–Crippen LogP) is 4.06. The Hall–Kier alpha value is -2.57. The van der Waals surface area contributed by atoms with Crippen LogP contribution in [0, 0.1) is 5.92 Å². The number of carbonyl (C=O) groups is 1. The second kappa shape index (κ2) is 6.51. The molecule has 0 unspecified atom stereocenters. The summed E-state index contributed by atoms with van der Waals surface area (Å²) in [6, 6.07) is 9.59. The number of nitrogens with zero attached hydrogens (tertiary/aromatic N) is 1. The third-order valence-electron chi connectivity index (χ3n) is 3.73. The largest absolute Gasteiger partial charge is 0.417 e. The highest BCUT2D eigenvalue weighted by molar-refractivity contribution is 5.93. The fourth-order valence-corrected chi connectivity index (χ4v) is 2.15. The quantitative estimate of drug-likeness (QED) is 0.866. The molecule has 1 fully saturated rings. The SMILES string of the molecule is O=C(Nc1ccc(CNc2ccc(C(F)(F)F)cn2)cc1)C1CC1. The van der Waals surface area contributed by atoms with Gasteiger partial charge in [0.2, 0.25) is 5.91 Å². The van der Waals surface area contributed by atoms with Gasteiger partial charge >= 0.3 is 6.18 Å². The van der Waals surface area contributed by atoms with Crippen LogP contribution in [-0.2, 0) is 17.5 Å². The predicted molar refractivity (Wildman–Crippen MR) is 84.4 cm³/mol. The topological polar surface area (TPSA) is 54.0 Å². The Morgan fingerprint density at radius 1 is 1.12 bits per heavy atom. The van der Waals surface area contributed by atoms with E-state index in [-0.39, 0.29) is 11.8 Å². The third-order valence-corrected chi connectivity index (χ3v) is 3.73. The van der Waals surface area contributed by atoms with Gasteiger partial charge < -0.3 is 10.6 Å². The zero-order valence-electron chi connectivity index (χ0n) is 12.7. The Morgan fingerprint density at radius 2 is 1.83 bits per heavy atom. The molecule has 1 aliphatic carbocycles. The molecule has 7 heteroatoms. The van der Waals surface area contributed by atoms with E-state index in [4.69, 9.17) is 0 Å². The number of benzene rings is 1. The standard InChI is InChI=1S/C17H16F3N3O/c18-17(19,20)13-5-8-15(22-10-13)21-9-11-1-6-14(7-2-11)23-16(24)12-3-4-12/h1-2,5-8,10,12H,3-4,9H2,(H,21,22)(H,23,24). The molecule has 0 atom stereocenters. The first kappa shape index (κ1) is 16.3. The van der Waals surface area contributed by atoms with E-state index in [0.29, 0.717) is 12.4 Å². The summed E-state index contributed by atoms with van der Waals surface area (Å²) in [6.45, 7) is 0.426. The Morgan fingerprint density at radius 3 is 2.38 bits per heavy atom. The van der Waals surface area contributed by atoms with Crippen molar-refractivity contribution in [1.82, 2.24) is 4.98 Å². The number of nitrogens with one attached hydrogen (secondary N) is 2. The number of alkyl halides is 3. The van der Waals surface area contributed by atoms with Crippen LogP contribution in [0.3, 0.4) is 0 Å². The maximum atomic E-state index is 12.5. The monoisotopic (exact) mass is 335 g/mol. The molecule has 126 valence electrons. The summed E-state index contributed by atoms with van der Waals surface area (Å²) in [5, 5.41) is 5.81. The van der Waals surface area contributed by atoms with Gasteiger partial charge in [0.1, 0.15) is 5.82 Å². The van der Waals surface area contributed by atoms with Gasteiger partial charge in [0.05, 0.1) is 5.56 Å². The van der Waals surface area contributed by atoms with E-state index in [2.05, 4.69) is 15.6 Å². The summed E-state index contributed by atoms with van der Waals surface area (Å²) in [5.41, 5.74) is 0.897. The molecule has 1 aliphatic rings. The van der Waals surface area contributed by atoms with Crippen molar-refractivity contribution in [3.8, 4) is 0 Å². The third kappa shape index (κ3) is 4.24. The molecule has 2 N–H and O–H groups in total. The van der Waals surface area contributed by atoms with Crippen LogP contribution in [0.1, 0.15) is 24.0 Å². The Kier molecular flexibility index (Phi) is 4.42. The number of aromatic nitrogens is 1. The molecule has 4 nitrogen and oxygen atoms in total. The fourth-order valence-electron chi connectivity index (χ4n) is 2.15. The van der Waals surface area contributed by atoms with Gasteiger partial charge in [-0.05, 0) is 42.7 Å². The molecule has 0 saturated heterocycles. The highest BCUT2D eigenvalue weighted by Gasteiger charge is 2.30. The molecule has 3 rings (SSSR count). The first-order chi connectivity index (χ1) is 11.4. The average molecular weight is 335 g/mol. The van der Waals surface area contributed by atoms with Crippen LogP contribution in [0.5, 0.6) is 0 Å². The van der Waals surface area contributed by atoms with E-state index < -0.39 is 11.7 Å². The first-order valence-electron chi connectivity index (χ1n) is 7.59. The van der Waals surface area contributed by atoms with Crippen molar-refractivity contribution in [1.29, 1.82) is 0 Å². The molecule has 1 saturated carbocycles.